The average Bonchev–Trinajstić information content (AvgIpc) is 2.17. The predicted molar refractivity (Wildman–Crippen MR) is 60.8 cm³/mol. The van der Waals surface area contributed by atoms with Crippen LogP contribution in [0.3, 0.4) is 0 Å². The first-order valence-electron chi connectivity index (χ1n) is 5.40. The molecule has 0 saturated carbocycles. The van der Waals surface area contributed by atoms with Crippen molar-refractivity contribution in [3.05, 3.63) is 29.6 Å². The number of aliphatic hydroxyl groups is 1. The molecule has 90 valence electrons. The predicted octanol–water partition coefficient (Wildman–Crippen LogP) is 1.95. The second-order valence-electron chi connectivity index (χ2n) is 4.00. The van der Waals surface area contributed by atoms with E-state index in [9.17, 15) is 9.50 Å². The van der Waals surface area contributed by atoms with Gasteiger partial charge in [0.05, 0.1) is 0 Å². The molecule has 2 unspecified atom stereocenters. The highest BCUT2D eigenvalue weighted by Gasteiger charge is 2.13. The largest absolute Gasteiger partial charge is 0.508 e. The molecule has 0 bridgehead atoms. The zero-order valence-corrected chi connectivity index (χ0v) is 9.57. The lowest BCUT2D eigenvalue weighted by Gasteiger charge is -2.20. The molecule has 0 fully saturated rings. The Morgan fingerprint density at radius 2 is 2.06 bits per heavy atom. The Hall–Kier alpha value is -1.13. The van der Waals surface area contributed by atoms with Gasteiger partial charge in [-0.2, -0.15) is 0 Å². The fourth-order valence-electron chi connectivity index (χ4n) is 1.68. The van der Waals surface area contributed by atoms with Crippen LogP contribution < -0.4 is 5.32 Å². The van der Waals surface area contributed by atoms with Gasteiger partial charge in [-0.05, 0) is 26.3 Å². The van der Waals surface area contributed by atoms with E-state index in [1.165, 1.54) is 6.07 Å². The number of phenols is 1. The van der Waals surface area contributed by atoms with E-state index in [0.29, 0.717) is 12.0 Å². The molecule has 0 radical (unpaired) electrons. The Bertz CT molecular complexity index is 344. The molecular formula is C12H18FNO2. The van der Waals surface area contributed by atoms with Crippen LogP contribution in [0.5, 0.6) is 5.75 Å². The summed E-state index contributed by atoms with van der Waals surface area (Å²) in [5, 5.41) is 21.6. The number of nitrogens with one attached hydrogen (secondary N) is 1. The maximum absolute atomic E-state index is 12.8. The standard InChI is InChI=1S/C12H18FNO2/c1-8(5-6-15)14-9(2)11-4-3-10(13)7-12(11)16/h3-4,7-9,14-16H,5-6H2,1-2H3. The molecule has 16 heavy (non-hydrogen) atoms. The minimum absolute atomic E-state index is 0.0452. The lowest BCUT2D eigenvalue weighted by Crippen LogP contribution is -2.29. The molecule has 0 heterocycles. The molecule has 3 nitrogen and oxygen atoms in total. The summed E-state index contributed by atoms with van der Waals surface area (Å²) in [7, 11) is 0. The van der Waals surface area contributed by atoms with E-state index in [-0.39, 0.29) is 24.4 Å². The quantitative estimate of drug-likeness (QED) is 0.720. The number of halogens is 1. The lowest BCUT2D eigenvalue weighted by atomic mass is 10.1. The van der Waals surface area contributed by atoms with Crippen molar-refractivity contribution in [2.45, 2.75) is 32.4 Å². The van der Waals surface area contributed by atoms with Crippen LogP contribution in [0.1, 0.15) is 31.9 Å². The molecule has 1 aromatic rings. The molecular weight excluding hydrogens is 209 g/mol. The Balaban J connectivity index is 2.69. The Morgan fingerprint density at radius 3 is 2.62 bits per heavy atom. The summed E-state index contributed by atoms with van der Waals surface area (Å²) in [6, 6.07) is 4.05. The van der Waals surface area contributed by atoms with E-state index in [0.717, 1.165) is 6.07 Å². The fourth-order valence-corrected chi connectivity index (χ4v) is 1.68. The normalized spacial score (nSPS) is 14.8. The van der Waals surface area contributed by atoms with Gasteiger partial charge in [0.25, 0.3) is 0 Å². The van der Waals surface area contributed by atoms with Crippen LogP contribution in [0.25, 0.3) is 0 Å². The minimum Gasteiger partial charge on any atom is -0.508 e. The maximum Gasteiger partial charge on any atom is 0.126 e. The smallest absolute Gasteiger partial charge is 0.126 e. The summed E-state index contributed by atoms with van der Waals surface area (Å²) in [6.07, 6.45) is 0.645. The van der Waals surface area contributed by atoms with E-state index in [1.807, 2.05) is 13.8 Å². The van der Waals surface area contributed by atoms with Crippen LogP contribution in [-0.2, 0) is 0 Å². The first-order chi connectivity index (χ1) is 7.54. The van der Waals surface area contributed by atoms with Gasteiger partial charge in [0.2, 0.25) is 0 Å². The van der Waals surface area contributed by atoms with E-state index >= 15 is 0 Å². The number of hydrogen-bond donors (Lipinski definition) is 3. The Morgan fingerprint density at radius 1 is 1.38 bits per heavy atom. The summed E-state index contributed by atoms with van der Waals surface area (Å²) in [6.45, 7) is 3.96. The first kappa shape index (κ1) is 12.9. The van der Waals surface area contributed by atoms with Crippen molar-refractivity contribution in [3.63, 3.8) is 0 Å². The van der Waals surface area contributed by atoms with E-state index in [4.69, 9.17) is 5.11 Å². The molecule has 1 rings (SSSR count). The van der Waals surface area contributed by atoms with Crippen molar-refractivity contribution < 1.29 is 14.6 Å². The monoisotopic (exact) mass is 227 g/mol. The summed E-state index contributed by atoms with van der Waals surface area (Å²) in [4.78, 5) is 0. The highest BCUT2D eigenvalue weighted by Crippen LogP contribution is 2.25. The van der Waals surface area contributed by atoms with Gasteiger partial charge in [-0.1, -0.05) is 6.07 Å². The number of benzene rings is 1. The molecule has 0 saturated heterocycles. The summed E-state index contributed by atoms with van der Waals surface area (Å²) < 4.78 is 12.8. The Kier molecular flexibility index (Phi) is 4.71. The van der Waals surface area contributed by atoms with Gasteiger partial charge in [-0.25, -0.2) is 4.39 Å². The van der Waals surface area contributed by atoms with Crippen molar-refractivity contribution in [2.75, 3.05) is 6.61 Å². The van der Waals surface area contributed by atoms with Gasteiger partial charge < -0.3 is 15.5 Å². The number of aliphatic hydroxyl groups excluding tert-OH is 1. The summed E-state index contributed by atoms with van der Waals surface area (Å²) in [5.41, 5.74) is 0.659. The van der Waals surface area contributed by atoms with Crippen LogP contribution in [-0.4, -0.2) is 22.9 Å². The van der Waals surface area contributed by atoms with E-state index < -0.39 is 5.82 Å². The van der Waals surface area contributed by atoms with Gasteiger partial charge in [-0.3, -0.25) is 0 Å². The molecule has 0 aliphatic heterocycles. The van der Waals surface area contributed by atoms with E-state index in [1.54, 1.807) is 6.07 Å². The first-order valence-corrected chi connectivity index (χ1v) is 5.40. The second kappa shape index (κ2) is 5.82. The summed E-state index contributed by atoms with van der Waals surface area (Å²) >= 11 is 0. The molecule has 0 amide bonds. The number of aromatic hydroxyl groups is 1. The molecule has 0 aliphatic rings. The average molecular weight is 227 g/mol. The molecule has 0 aliphatic carbocycles. The molecule has 4 heteroatoms. The van der Waals surface area contributed by atoms with Crippen molar-refractivity contribution in [1.82, 2.24) is 5.32 Å². The zero-order chi connectivity index (χ0) is 12.1. The van der Waals surface area contributed by atoms with Crippen LogP contribution >= 0.6 is 0 Å². The SMILES string of the molecule is CC(CCO)NC(C)c1ccc(F)cc1O. The van der Waals surface area contributed by atoms with Gasteiger partial charge in [0.1, 0.15) is 11.6 Å². The molecule has 0 spiro atoms. The van der Waals surface area contributed by atoms with Crippen LogP contribution in [0.2, 0.25) is 0 Å². The second-order valence-corrected chi connectivity index (χ2v) is 4.00. The third-order valence-corrected chi connectivity index (χ3v) is 2.56. The van der Waals surface area contributed by atoms with Crippen molar-refractivity contribution in [3.8, 4) is 5.75 Å². The van der Waals surface area contributed by atoms with Crippen LogP contribution in [0, 0.1) is 5.82 Å². The number of phenolic OH excluding ortho intramolecular Hbond substituents is 1. The molecule has 3 N–H and O–H groups in total. The van der Waals surface area contributed by atoms with Gasteiger partial charge in [0.15, 0.2) is 0 Å². The van der Waals surface area contributed by atoms with Crippen molar-refractivity contribution >= 4 is 0 Å². The lowest BCUT2D eigenvalue weighted by molar-refractivity contribution is 0.264. The van der Waals surface area contributed by atoms with Crippen LogP contribution in [0.15, 0.2) is 18.2 Å². The topological polar surface area (TPSA) is 52.5 Å². The maximum atomic E-state index is 12.8. The van der Waals surface area contributed by atoms with Crippen molar-refractivity contribution in [2.24, 2.45) is 0 Å². The number of hydrogen-bond acceptors (Lipinski definition) is 3. The fraction of sp³-hybridized carbons (Fsp3) is 0.500. The van der Waals surface area contributed by atoms with E-state index in [2.05, 4.69) is 5.32 Å². The minimum atomic E-state index is -0.447. The third-order valence-electron chi connectivity index (χ3n) is 2.56. The molecule has 2 atom stereocenters. The highest BCUT2D eigenvalue weighted by molar-refractivity contribution is 5.34. The number of rotatable bonds is 5. The highest BCUT2D eigenvalue weighted by atomic mass is 19.1. The third kappa shape index (κ3) is 3.47. The van der Waals surface area contributed by atoms with Crippen LogP contribution in [0.4, 0.5) is 4.39 Å². The molecule has 1 aromatic carbocycles. The molecule has 0 aromatic heterocycles. The van der Waals surface area contributed by atoms with Crippen molar-refractivity contribution in [1.29, 1.82) is 0 Å². The van der Waals surface area contributed by atoms with Gasteiger partial charge in [0, 0.05) is 30.3 Å². The van der Waals surface area contributed by atoms with Gasteiger partial charge >= 0.3 is 0 Å². The summed E-state index contributed by atoms with van der Waals surface area (Å²) in [5.74, 6) is -0.493. The Labute approximate surface area is 94.9 Å². The zero-order valence-electron chi connectivity index (χ0n) is 9.57. The van der Waals surface area contributed by atoms with Gasteiger partial charge in [-0.15, -0.1) is 0 Å².